The third-order valence-electron chi connectivity index (χ3n) is 8.06. The number of fused-ring (bicyclic) bond motifs is 1. The number of carbonyl (C=O) groups is 2. The van der Waals surface area contributed by atoms with Crippen LogP contribution < -0.4 is 14.2 Å². The van der Waals surface area contributed by atoms with Crippen molar-refractivity contribution in [2.75, 3.05) is 52.6 Å². The number of aliphatic hydroxyl groups is 1. The number of carbonyl (C=O) groups excluding carboxylic acids is 2. The van der Waals surface area contributed by atoms with Crippen molar-refractivity contribution in [3.05, 3.63) is 58.7 Å². The molecule has 0 saturated carbocycles. The fourth-order valence-corrected chi connectivity index (χ4v) is 5.87. The van der Waals surface area contributed by atoms with Gasteiger partial charge in [0.25, 0.3) is 11.7 Å². The second-order valence-electron chi connectivity index (χ2n) is 11.1. The molecule has 0 radical (unpaired) electrons. The highest BCUT2D eigenvalue weighted by Crippen LogP contribution is 2.43. The summed E-state index contributed by atoms with van der Waals surface area (Å²) in [7, 11) is 0. The molecule has 2 aromatic rings. The molecule has 2 saturated heterocycles. The molecule has 2 fully saturated rings. The van der Waals surface area contributed by atoms with Crippen molar-refractivity contribution in [1.29, 1.82) is 0 Å². The molecule has 0 bridgehead atoms. The van der Waals surface area contributed by atoms with E-state index in [9.17, 15) is 14.7 Å². The molecule has 9 heteroatoms. The van der Waals surface area contributed by atoms with Gasteiger partial charge in [0, 0.05) is 38.2 Å². The van der Waals surface area contributed by atoms with Crippen molar-refractivity contribution in [2.24, 2.45) is 0 Å². The SMILES string of the molecule is CCCCCOc1ccc([C@@H]2/C(=C(\O)c3ccc4c(c3)C[C@H](C)O4)C(=O)C(=O)N2CCN2CCOCC2)cc1OCC. The van der Waals surface area contributed by atoms with Gasteiger partial charge >= 0.3 is 0 Å². The summed E-state index contributed by atoms with van der Waals surface area (Å²) in [6, 6.07) is 10.2. The van der Waals surface area contributed by atoms with Crippen molar-refractivity contribution >= 4 is 17.4 Å². The van der Waals surface area contributed by atoms with Crippen LogP contribution in [-0.4, -0.2) is 85.3 Å². The molecule has 0 spiro atoms. The Bertz CT molecular complexity index is 1320. The summed E-state index contributed by atoms with van der Waals surface area (Å²) in [5.41, 5.74) is 2.21. The van der Waals surface area contributed by atoms with E-state index < -0.39 is 17.7 Å². The van der Waals surface area contributed by atoms with Gasteiger partial charge in [-0.1, -0.05) is 25.8 Å². The van der Waals surface area contributed by atoms with Gasteiger partial charge in [-0.3, -0.25) is 14.5 Å². The molecule has 0 unspecified atom stereocenters. The fourth-order valence-electron chi connectivity index (χ4n) is 5.87. The quantitative estimate of drug-likeness (QED) is 0.167. The van der Waals surface area contributed by atoms with E-state index in [1.807, 2.05) is 44.2 Å². The highest BCUT2D eigenvalue weighted by Gasteiger charge is 2.46. The molecule has 226 valence electrons. The van der Waals surface area contributed by atoms with Crippen LogP contribution in [0, 0.1) is 0 Å². The second kappa shape index (κ2) is 13.6. The van der Waals surface area contributed by atoms with Crippen molar-refractivity contribution in [1.82, 2.24) is 9.80 Å². The number of likely N-dealkylation sites (tertiary alicyclic amines) is 1. The van der Waals surface area contributed by atoms with Gasteiger partial charge in [-0.15, -0.1) is 0 Å². The third kappa shape index (κ3) is 6.42. The van der Waals surface area contributed by atoms with Gasteiger partial charge in [0.2, 0.25) is 0 Å². The zero-order valence-corrected chi connectivity index (χ0v) is 24.9. The zero-order valence-electron chi connectivity index (χ0n) is 24.9. The highest BCUT2D eigenvalue weighted by molar-refractivity contribution is 6.46. The van der Waals surface area contributed by atoms with Gasteiger partial charge in [0.1, 0.15) is 17.6 Å². The topological polar surface area (TPSA) is 97.8 Å². The number of amides is 1. The molecular formula is C33H42N2O7. The molecule has 9 nitrogen and oxygen atoms in total. The number of unbranched alkanes of at least 4 members (excludes halogenated alkanes) is 2. The molecule has 3 heterocycles. The fraction of sp³-hybridized carbons (Fsp3) is 0.515. The molecule has 0 aromatic heterocycles. The molecule has 1 amide bonds. The van der Waals surface area contributed by atoms with E-state index >= 15 is 0 Å². The number of nitrogens with zero attached hydrogens (tertiary/aromatic N) is 2. The summed E-state index contributed by atoms with van der Waals surface area (Å²) >= 11 is 0. The predicted molar refractivity (Wildman–Crippen MR) is 159 cm³/mol. The van der Waals surface area contributed by atoms with Crippen LogP contribution in [0.25, 0.3) is 5.76 Å². The second-order valence-corrected chi connectivity index (χ2v) is 11.1. The minimum Gasteiger partial charge on any atom is -0.507 e. The van der Waals surface area contributed by atoms with E-state index in [0.717, 1.165) is 43.7 Å². The first-order valence-electron chi connectivity index (χ1n) is 15.2. The van der Waals surface area contributed by atoms with Gasteiger partial charge in [-0.25, -0.2) is 0 Å². The standard InChI is InChI=1S/C33H42N2O7/c1-4-6-7-16-41-27-11-8-23(21-28(27)40-5-2)30-29(31(36)24-9-10-26-25(20-24)19-22(3)42-26)32(37)33(38)35(30)13-12-34-14-17-39-18-15-34/h8-11,20-22,30,36H,4-7,12-19H2,1-3H3/b31-29+/t22-,30+/m0/s1. The van der Waals surface area contributed by atoms with Crippen LogP contribution in [0.1, 0.15) is 62.8 Å². The van der Waals surface area contributed by atoms with Crippen molar-refractivity contribution < 1.29 is 33.6 Å². The molecule has 2 aromatic carbocycles. The van der Waals surface area contributed by atoms with E-state index in [1.54, 1.807) is 11.0 Å². The maximum atomic E-state index is 13.6. The summed E-state index contributed by atoms with van der Waals surface area (Å²) in [6.45, 7) is 10.8. The lowest BCUT2D eigenvalue weighted by Gasteiger charge is -2.31. The Morgan fingerprint density at radius 1 is 1.00 bits per heavy atom. The van der Waals surface area contributed by atoms with Gasteiger partial charge in [-0.05, 0) is 61.7 Å². The molecule has 5 rings (SSSR count). The molecule has 42 heavy (non-hydrogen) atoms. The number of aliphatic hydroxyl groups excluding tert-OH is 1. The number of benzene rings is 2. The Hall–Kier alpha value is -3.56. The number of hydrogen-bond donors (Lipinski definition) is 1. The summed E-state index contributed by atoms with van der Waals surface area (Å²) in [6.07, 6.45) is 3.87. The Labute approximate surface area is 248 Å². The van der Waals surface area contributed by atoms with E-state index in [4.69, 9.17) is 18.9 Å². The predicted octanol–water partition coefficient (Wildman–Crippen LogP) is 4.73. The third-order valence-corrected chi connectivity index (χ3v) is 8.06. The van der Waals surface area contributed by atoms with E-state index in [0.29, 0.717) is 68.6 Å². The zero-order chi connectivity index (χ0) is 29.6. The summed E-state index contributed by atoms with van der Waals surface area (Å²) in [4.78, 5) is 30.9. The Kier molecular flexibility index (Phi) is 9.69. The minimum atomic E-state index is -0.775. The maximum Gasteiger partial charge on any atom is 0.295 e. The molecule has 2 atom stereocenters. The first kappa shape index (κ1) is 29.9. The summed E-state index contributed by atoms with van der Waals surface area (Å²) < 4.78 is 23.3. The van der Waals surface area contributed by atoms with Gasteiger partial charge in [0.15, 0.2) is 11.5 Å². The number of rotatable bonds is 12. The highest BCUT2D eigenvalue weighted by atomic mass is 16.5. The molecular weight excluding hydrogens is 536 g/mol. The summed E-state index contributed by atoms with van der Waals surface area (Å²) in [5, 5.41) is 11.6. The molecule has 3 aliphatic heterocycles. The van der Waals surface area contributed by atoms with Crippen molar-refractivity contribution in [3.63, 3.8) is 0 Å². The average molecular weight is 579 g/mol. The summed E-state index contributed by atoms with van der Waals surface area (Å²) in [5.74, 6) is 0.446. The minimum absolute atomic E-state index is 0.0443. The molecule has 0 aliphatic carbocycles. The van der Waals surface area contributed by atoms with Crippen LogP contribution in [-0.2, 0) is 20.7 Å². The first-order valence-corrected chi connectivity index (χ1v) is 15.2. The lowest BCUT2D eigenvalue weighted by molar-refractivity contribution is -0.140. The maximum absolute atomic E-state index is 13.6. The number of Topliss-reactive ketones (excluding diaryl/α,β-unsaturated/α-hetero) is 1. The number of morpholine rings is 1. The average Bonchev–Trinajstić information content (AvgIpc) is 3.50. The van der Waals surface area contributed by atoms with Crippen LogP contribution in [0.2, 0.25) is 0 Å². The van der Waals surface area contributed by atoms with Gasteiger partial charge < -0.3 is 29.0 Å². The normalized spacial score (nSPS) is 21.8. The van der Waals surface area contributed by atoms with Crippen LogP contribution in [0.3, 0.4) is 0 Å². The lowest BCUT2D eigenvalue weighted by Crippen LogP contribution is -2.42. The lowest BCUT2D eigenvalue weighted by atomic mass is 9.94. The Morgan fingerprint density at radius 3 is 2.57 bits per heavy atom. The van der Waals surface area contributed by atoms with Gasteiger partial charge in [0.05, 0.1) is 38.0 Å². The van der Waals surface area contributed by atoms with Crippen molar-refractivity contribution in [2.45, 2.75) is 58.6 Å². The van der Waals surface area contributed by atoms with Crippen molar-refractivity contribution in [3.8, 4) is 17.2 Å². The van der Waals surface area contributed by atoms with Crippen LogP contribution in [0.5, 0.6) is 17.2 Å². The number of hydrogen-bond acceptors (Lipinski definition) is 8. The van der Waals surface area contributed by atoms with E-state index in [-0.39, 0.29) is 17.4 Å². The van der Waals surface area contributed by atoms with Crippen LogP contribution in [0.15, 0.2) is 42.0 Å². The molecule has 3 aliphatic rings. The monoisotopic (exact) mass is 578 g/mol. The largest absolute Gasteiger partial charge is 0.507 e. The Morgan fingerprint density at radius 2 is 1.81 bits per heavy atom. The van der Waals surface area contributed by atoms with Crippen LogP contribution in [0.4, 0.5) is 0 Å². The van der Waals surface area contributed by atoms with Crippen LogP contribution >= 0.6 is 0 Å². The molecule has 1 N–H and O–H groups in total. The Balaban J connectivity index is 1.53. The smallest absolute Gasteiger partial charge is 0.295 e. The number of ketones is 1. The number of ether oxygens (including phenoxy) is 4. The first-order chi connectivity index (χ1) is 20.4. The van der Waals surface area contributed by atoms with Gasteiger partial charge in [-0.2, -0.15) is 0 Å². The van der Waals surface area contributed by atoms with E-state index in [1.165, 1.54) is 0 Å². The van der Waals surface area contributed by atoms with E-state index in [2.05, 4.69) is 11.8 Å².